The Bertz CT molecular complexity index is 1120. The van der Waals surface area contributed by atoms with Crippen molar-refractivity contribution in [3.05, 3.63) is 52.4 Å². The van der Waals surface area contributed by atoms with Gasteiger partial charge in [-0.05, 0) is 61.6 Å². The zero-order chi connectivity index (χ0) is 23.7. The van der Waals surface area contributed by atoms with Crippen molar-refractivity contribution < 1.29 is 14.3 Å². The zero-order valence-corrected chi connectivity index (χ0v) is 19.6. The molecule has 2 atom stereocenters. The first-order chi connectivity index (χ1) is 16.5. The number of urea groups is 1. The molecular weight excluding hydrogens is 432 g/mol. The van der Waals surface area contributed by atoms with Crippen molar-refractivity contribution in [2.24, 2.45) is 11.8 Å². The van der Waals surface area contributed by atoms with Crippen LogP contribution in [0.2, 0.25) is 0 Å². The number of aromatic nitrogens is 1. The molecule has 0 radical (unpaired) electrons. The minimum absolute atomic E-state index is 0.00587. The van der Waals surface area contributed by atoms with Gasteiger partial charge in [0, 0.05) is 42.9 Å². The number of benzene rings is 1. The Morgan fingerprint density at radius 1 is 0.941 bits per heavy atom. The molecule has 8 nitrogen and oxygen atoms in total. The Morgan fingerprint density at radius 2 is 1.71 bits per heavy atom. The van der Waals surface area contributed by atoms with Crippen LogP contribution in [0.5, 0.6) is 5.75 Å². The first kappa shape index (κ1) is 22.5. The van der Waals surface area contributed by atoms with Crippen LogP contribution in [0.4, 0.5) is 16.2 Å². The summed E-state index contributed by atoms with van der Waals surface area (Å²) >= 11 is 0. The molecule has 1 saturated carbocycles. The van der Waals surface area contributed by atoms with Gasteiger partial charge in [0.2, 0.25) is 5.91 Å². The van der Waals surface area contributed by atoms with E-state index in [2.05, 4.69) is 10.6 Å². The largest absolute Gasteiger partial charge is 0.497 e. The average molecular weight is 465 g/mol. The topological polar surface area (TPSA) is 92.7 Å². The molecule has 34 heavy (non-hydrogen) atoms. The van der Waals surface area contributed by atoms with Crippen LogP contribution < -0.4 is 20.9 Å². The van der Waals surface area contributed by atoms with Gasteiger partial charge < -0.3 is 24.8 Å². The SMILES string of the molecule is COc1ccc(NC(=O)N2CC3CC(C2)c2ccc(NC(=O)C4CCCCC4)c(=O)n2C3)cc1. The summed E-state index contributed by atoms with van der Waals surface area (Å²) < 4.78 is 6.98. The number of piperidine rings is 1. The number of amides is 3. The summed E-state index contributed by atoms with van der Waals surface area (Å²) in [7, 11) is 1.61. The van der Waals surface area contributed by atoms with Gasteiger partial charge in [-0.3, -0.25) is 9.59 Å². The number of fused-ring (bicyclic) bond motifs is 4. The van der Waals surface area contributed by atoms with E-state index in [0.29, 0.717) is 25.3 Å². The van der Waals surface area contributed by atoms with Gasteiger partial charge in [0.15, 0.2) is 0 Å². The van der Waals surface area contributed by atoms with Crippen LogP contribution in [0.3, 0.4) is 0 Å². The van der Waals surface area contributed by atoms with Crippen molar-refractivity contribution in [2.45, 2.75) is 51.0 Å². The van der Waals surface area contributed by atoms with E-state index in [4.69, 9.17) is 4.74 Å². The summed E-state index contributed by atoms with van der Waals surface area (Å²) in [5.74, 6) is 1.02. The van der Waals surface area contributed by atoms with Crippen molar-refractivity contribution in [1.82, 2.24) is 9.47 Å². The number of ether oxygens (including phenoxy) is 1. The number of carbonyl (C=O) groups excluding carboxylic acids is 2. The highest BCUT2D eigenvalue weighted by atomic mass is 16.5. The summed E-state index contributed by atoms with van der Waals surface area (Å²) in [5, 5.41) is 5.87. The molecule has 2 bridgehead atoms. The minimum atomic E-state index is -0.132. The summed E-state index contributed by atoms with van der Waals surface area (Å²) in [6.45, 7) is 1.72. The van der Waals surface area contributed by atoms with Crippen molar-refractivity contribution in [3.8, 4) is 5.75 Å². The molecule has 1 aromatic heterocycles. The number of rotatable bonds is 4. The van der Waals surface area contributed by atoms with E-state index in [0.717, 1.165) is 49.2 Å². The summed E-state index contributed by atoms with van der Waals surface area (Å²) in [6.07, 6.45) is 6.09. The molecule has 3 amide bonds. The summed E-state index contributed by atoms with van der Waals surface area (Å²) in [5.41, 5.74) is 1.90. The number of likely N-dealkylation sites (tertiary alicyclic amines) is 1. The number of hydrogen-bond acceptors (Lipinski definition) is 4. The molecule has 1 aliphatic carbocycles. The van der Waals surface area contributed by atoms with Gasteiger partial charge in [-0.2, -0.15) is 0 Å². The second-order valence-corrected chi connectivity index (χ2v) is 9.77. The Hall–Kier alpha value is -3.29. The predicted octanol–water partition coefficient (Wildman–Crippen LogP) is 4.03. The molecule has 3 aliphatic rings. The lowest BCUT2D eigenvalue weighted by atomic mass is 9.83. The van der Waals surface area contributed by atoms with E-state index in [1.165, 1.54) is 6.42 Å². The molecule has 180 valence electrons. The Morgan fingerprint density at radius 3 is 2.44 bits per heavy atom. The fraction of sp³-hybridized carbons (Fsp3) is 0.500. The second-order valence-electron chi connectivity index (χ2n) is 9.77. The van der Waals surface area contributed by atoms with Crippen molar-refractivity contribution in [3.63, 3.8) is 0 Å². The number of methoxy groups -OCH3 is 1. The van der Waals surface area contributed by atoms with Crippen LogP contribution in [-0.2, 0) is 11.3 Å². The van der Waals surface area contributed by atoms with E-state index in [9.17, 15) is 14.4 Å². The van der Waals surface area contributed by atoms with Crippen LogP contribution in [0.1, 0.15) is 50.1 Å². The van der Waals surface area contributed by atoms with Crippen molar-refractivity contribution in [1.29, 1.82) is 0 Å². The molecule has 2 unspecified atom stereocenters. The third-order valence-electron chi connectivity index (χ3n) is 7.47. The maximum atomic E-state index is 13.2. The molecule has 1 saturated heterocycles. The number of nitrogens with zero attached hydrogens (tertiary/aromatic N) is 2. The fourth-order valence-electron chi connectivity index (χ4n) is 5.68. The highest BCUT2D eigenvalue weighted by molar-refractivity contribution is 5.92. The normalized spacial score (nSPS) is 22.0. The number of pyridine rings is 1. The molecule has 2 aliphatic heterocycles. The summed E-state index contributed by atoms with van der Waals surface area (Å²) in [6, 6.07) is 10.8. The highest BCUT2D eigenvalue weighted by Crippen LogP contribution is 2.36. The molecule has 1 aromatic carbocycles. The van der Waals surface area contributed by atoms with E-state index in [1.54, 1.807) is 13.2 Å². The number of hydrogen-bond donors (Lipinski definition) is 2. The summed E-state index contributed by atoms with van der Waals surface area (Å²) in [4.78, 5) is 40.7. The van der Waals surface area contributed by atoms with E-state index in [1.807, 2.05) is 39.8 Å². The van der Waals surface area contributed by atoms with Crippen LogP contribution in [0.25, 0.3) is 0 Å². The third kappa shape index (κ3) is 4.54. The standard InChI is InChI=1S/C26H32N4O4/c1-34-21-9-7-20(8-10-21)27-26(33)29-14-17-13-19(16-29)23-12-11-22(25(32)30(23)15-17)28-24(31)18-5-3-2-4-6-18/h7-12,17-19H,2-6,13-16H2,1H3,(H,27,33)(H,28,31). The van der Waals surface area contributed by atoms with Gasteiger partial charge in [0.25, 0.3) is 5.56 Å². The highest BCUT2D eigenvalue weighted by Gasteiger charge is 2.37. The third-order valence-corrected chi connectivity index (χ3v) is 7.47. The Balaban J connectivity index is 1.28. The predicted molar refractivity (Wildman–Crippen MR) is 130 cm³/mol. The number of nitrogens with one attached hydrogen (secondary N) is 2. The molecule has 0 spiro atoms. The van der Waals surface area contributed by atoms with Gasteiger partial charge in [0.05, 0.1) is 7.11 Å². The van der Waals surface area contributed by atoms with Crippen molar-refractivity contribution >= 4 is 23.3 Å². The zero-order valence-electron chi connectivity index (χ0n) is 19.6. The van der Waals surface area contributed by atoms with Gasteiger partial charge in [0.1, 0.15) is 11.4 Å². The molecule has 3 heterocycles. The lowest BCUT2D eigenvalue weighted by Gasteiger charge is -2.42. The fourth-order valence-corrected chi connectivity index (χ4v) is 5.68. The lowest BCUT2D eigenvalue weighted by molar-refractivity contribution is -0.120. The molecule has 2 fully saturated rings. The van der Waals surface area contributed by atoms with Crippen LogP contribution in [-0.4, -0.2) is 41.6 Å². The molecule has 8 heteroatoms. The minimum Gasteiger partial charge on any atom is -0.497 e. The Labute approximate surface area is 199 Å². The quantitative estimate of drug-likeness (QED) is 0.715. The maximum Gasteiger partial charge on any atom is 0.321 e. The smallest absolute Gasteiger partial charge is 0.321 e. The van der Waals surface area contributed by atoms with Gasteiger partial charge in [-0.1, -0.05) is 19.3 Å². The number of anilines is 2. The van der Waals surface area contributed by atoms with E-state index in [-0.39, 0.29) is 35.3 Å². The van der Waals surface area contributed by atoms with Crippen LogP contribution >= 0.6 is 0 Å². The molecule has 5 rings (SSSR count). The van der Waals surface area contributed by atoms with Gasteiger partial charge in [-0.15, -0.1) is 0 Å². The maximum absolute atomic E-state index is 13.2. The first-order valence-corrected chi connectivity index (χ1v) is 12.3. The Kier molecular flexibility index (Phi) is 6.30. The molecule has 2 aromatic rings. The number of carbonyl (C=O) groups is 2. The monoisotopic (exact) mass is 464 g/mol. The van der Waals surface area contributed by atoms with E-state index < -0.39 is 0 Å². The molecule has 2 N–H and O–H groups in total. The second kappa shape index (κ2) is 9.52. The van der Waals surface area contributed by atoms with Crippen LogP contribution in [0, 0.1) is 11.8 Å². The van der Waals surface area contributed by atoms with Gasteiger partial charge >= 0.3 is 6.03 Å². The van der Waals surface area contributed by atoms with Gasteiger partial charge in [-0.25, -0.2) is 4.79 Å². The average Bonchev–Trinajstić information content (AvgIpc) is 2.87. The lowest BCUT2D eigenvalue weighted by Crippen LogP contribution is -2.50. The van der Waals surface area contributed by atoms with Crippen molar-refractivity contribution in [2.75, 3.05) is 30.8 Å². The molecular formula is C26H32N4O4. The first-order valence-electron chi connectivity index (χ1n) is 12.3. The van der Waals surface area contributed by atoms with Crippen LogP contribution in [0.15, 0.2) is 41.2 Å². The van der Waals surface area contributed by atoms with E-state index >= 15 is 0 Å².